The van der Waals surface area contributed by atoms with Crippen molar-refractivity contribution in [3.8, 4) is 5.75 Å². The molecule has 2 N–H and O–H groups in total. The lowest BCUT2D eigenvalue weighted by molar-refractivity contribution is -0.0177. The molecule has 2 heterocycles. The largest absolute Gasteiger partial charge is 0.497 e. The number of rotatable bonds is 4. The molecule has 1 aliphatic heterocycles. The van der Waals surface area contributed by atoms with Crippen molar-refractivity contribution in [2.75, 3.05) is 13.7 Å². The standard InChI is InChI=1S/C20H24N2O4/c1-13-16(10-11-18(23)21-13)19(24)22-12-4-5-17(22)20(2,25)14-6-8-15(26-3)9-7-14/h6-11,17,25H,4-5,12H2,1-3H3,(H,21,23)/t17-,20-/m0/s1. The number of H-pyrrole nitrogens is 1. The Morgan fingerprint density at radius 1 is 1.27 bits per heavy atom. The Hall–Kier alpha value is -2.60. The number of aliphatic hydroxyl groups is 1. The maximum absolute atomic E-state index is 13.0. The van der Waals surface area contributed by atoms with E-state index in [9.17, 15) is 14.7 Å². The Morgan fingerprint density at radius 2 is 1.96 bits per heavy atom. The average Bonchev–Trinajstić information content (AvgIpc) is 3.12. The molecule has 0 bridgehead atoms. The fraction of sp³-hybridized carbons (Fsp3) is 0.400. The van der Waals surface area contributed by atoms with Crippen molar-refractivity contribution in [2.24, 2.45) is 0 Å². The number of hydrogen-bond donors (Lipinski definition) is 2. The third-order valence-electron chi connectivity index (χ3n) is 5.18. The molecule has 1 fully saturated rings. The van der Waals surface area contributed by atoms with Gasteiger partial charge in [-0.25, -0.2) is 0 Å². The molecule has 6 heteroatoms. The van der Waals surface area contributed by atoms with Gasteiger partial charge >= 0.3 is 0 Å². The number of nitrogens with zero attached hydrogens (tertiary/aromatic N) is 1. The van der Waals surface area contributed by atoms with Gasteiger partial charge in [-0.3, -0.25) is 9.59 Å². The lowest BCUT2D eigenvalue weighted by atomic mass is 9.86. The highest BCUT2D eigenvalue weighted by atomic mass is 16.5. The first-order chi connectivity index (χ1) is 12.3. The van der Waals surface area contributed by atoms with Crippen LogP contribution in [0.25, 0.3) is 0 Å². The number of nitrogens with one attached hydrogen (secondary N) is 1. The topological polar surface area (TPSA) is 82.6 Å². The van der Waals surface area contributed by atoms with Crippen molar-refractivity contribution < 1.29 is 14.6 Å². The second-order valence-corrected chi connectivity index (χ2v) is 6.89. The highest BCUT2D eigenvalue weighted by Crippen LogP contribution is 2.36. The van der Waals surface area contributed by atoms with Crippen molar-refractivity contribution in [1.82, 2.24) is 9.88 Å². The van der Waals surface area contributed by atoms with E-state index in [1.165, 1.54) is 6.07 Å². The maximum Gasteiger partial charge on any atom is 0.255 e. The zero-order valence-corrected chi connectivity index (χ0v) is 15.3. The Morgan fingerprint density at radius 3 is 2.58 bits per heavy atom. The predicted octanol–water partition coefficient (Wildman–Crippen LogP) is 2.20. The first kappa shape index (κ1) is 18.2. The molecule has 0 aliphatic carbocycles. The fourth-order valence-corrected chi connectivity index (χ4v) is 3.68. The van der Waals surface area contributed by atoms with Crippen LogP contribution >= 0.6 is 0 Å². The molecule has 1 amide bonds. The van der Waals surface area contributed by atoms with Gasteiger partial charge < -0.3 is 19.7 Å². The number of hydrogen-bond acceptors (Lipinski definition) is 4. The summed E-state index contributed by atoms with van der Waals surface area (Å²) in [5.74, 6) is 0.544. The molecule has 1 saturated heterocycles. The van der Waals surface area contributed by atoms with Crippen LogP contribution in [-0.2, 0) is 5.60 Å². The summed E-state index contributed by atoms with van der Waals surface area (Å²) < 4.78 is 5.17. The van der Waals surface area contributed by atoms with E-state index in [4.69, 9.17) is 4.74 Å². The number of aromatic nitrogens is 1. The number of aromatic amines is 1. The molecule has 0 radical (unpaired) electrons. The normalized spacial score (nSPS) is 19.2. The highest BCUT2D eigenvalue weighted by Gasteiger charge is 2.43. The highest BCUT2D eigenvalue weighted by molar-refractivity contribution is 5.95. The fourth-order valence-electron chi connectivity index (χ4n) is 3.68. The van der Waals surface area contributed by atoms with E-state index in [0.29, 0.717) is 30.0 Å². The molecular formula is C20H24N2O4. The number of carbonyl (C=O) groups is 1. The van der Waals surface area contributed by atoms with Crippen LogP contribution in [0.5, 0.6) is 5.75 Å². The van der Waals surface area contributed by atoms with Crippen molar-refractivity contribution >= 4 is 5.91 Å². The van der Waals surface area contributed by atoms with E-state index in [0.717, 1.165) is 12.0 Å². The van der Waals surface area contributed by atoms with Crippen LogP contribution in [0.15, 0.2) is 41.2 Å². The van der Waals surface area contributed by atoms with Crippen LogP contribution in [0, 0.1) is 6.92 Å². The number of methoxy groups -OCH3 is 1. The first-order valence-corrected chi connectivity index (χ1v) is 8.72. The zero-order valence-electron chi connectivity index (χ0n) is 15.3. The van der Waals surface area contributed by atoms with Crippen molar-refractivity contribution in [3.63, 3.8) is 0 Å². The van der Waals surface area contributed by atoms with Gasteiger partial charge in [-0.15, -0.1) is 0 Å². The Bertz CT molecular complexity index is 855. The van der Waals surface area contributed by atoms with Crippen molar-refractivity contribution in [3.05, 3.63) is 63.6 Å². The monoisotopic (exact) mass is 356 g/mol. The van der Waals surface area contributed by atoms with Crippen LogP contribution in [0.1, 0.15) is 41.4 Å². The second kappa shape index (κ2) is 6.96. The van der Waals surface area contributed by atoms with Crippen LogP contribution in [0.3, 0.4) is 0 Å². The van der Waals surface area contributed by atoms with E-state index in [1.54, 1.807) is 44.1 Å². The Kier molecular flexibility index (Phi) is 4.87. The van der Waals surface area contributed by atoms with E-state index in [1.807, 2.05) is 12.1 Å². The van der Waals surface area contributed by atoms with Gasteiger partial charge in [0, 0.05) is 18.3 Å². The molecule has 138 valence electrons. The number of pyridine rings is 1. The van der Waals surface area contributed by atoms with Crippen LogP contribution in [-0.4, -0.2) is 40.6 Å². The minimum Gasteiger partial charge on any atom is -0.497 e. The van der Waals surface area contributed by atoms with Gasteiger partial charge in [0.25, 0.3) is 5.91 Å². The van der Waals surface area contributed by atoms with Gasteiger partial charge in [-0.05, 0) is 50.5 Å². The Labute approximate surface area is 152 Å². The number of benzene rings is 1. The maximum atomic E-state index is 13.0. The number of amides is 1. The number of carbonyl (C=O) groups excluding carboxylic acids is 1. The molecule has 3 rings (SSSR count). The van der Waals surface area contributed by atoms with Crippen LogP contribution in [0.2, 0.25) is 0 Å². The summed E-state index contributed by atoms with van der Waals surface area (Å²) in [5.41, 5.74) is 0.317. The van der Waals surface area contributed by atoms with Crippen molar-refractivity contribution in [1.29, 1.82) is 0 Å². The lowest BCUT2D eigenvalue weighted by Gasteiger charge is -2.37. The van der Waals surface area contributed by atoms with Gasteiger partial charge in [0.2, 0.25) is 5.56 Å². The number of aryl methyl sites for hydroxylation is 1. The van der Waals surface area contributed by atoms with E-state index in [2.05, 4.69) is 4.98 Å². The third kappa shape index (κ3) is 3.24. The van der Waals surface area contributed by atoms with Gasteiger partial charge in [0.1, 0.15) is 11.4 Å². The summed E-state index contributed by atoms with van der Waals surface area (Å²) in [4.78, 5) is 28.8. The molecule has 0 spiro atoms. The molecule has 2 aromatic rings. The molecule has 1 aromatic carbocycles. The summed E-state index contributed by atoms with van der Waals surface area (Å²) in [6.07, 6.45) is 1.54. The second-order valence-electron chi connectivity index (χ2n) is 6.89. The molecule has 6 nitrogen and oxygen atoms in total. The summed E-state index contributed by atoms with van der Waals surface area (Å²) in [6.45, 7) is 4.03. The SMILES string of the molecule is COc1ccc([C@](C)(O)[C@@H]2CCCN2C(=O)c2ccc(=O)[nH]c2C)cc1. The third-order valence-corrected chi connectivity index (χ3v) is 5.18. The first-order valence-electron chi connectivity index (χ1n) is 8.72. The summed E-state index contributed by atoms with van der Waals surface area (Å²) in [6, 6.07) is 9.82. The summed E-state index contributed by atoms with van der Waals surface area (Å²) in [5, 5.41) is 11.2. The number of likely N-dealkylation sites (tertiary alicyclic amines) is 1. The van der Waals surface area contributed by atoms with Crippen LogP contribution in [0.4, 0.5) is 0 Å². The quantitative estimate of drug-likeness (QED) is 0.880. The summed E-state index contributed by atoms with van der Waals surface area (Å²) in [7, 11) is 1.59. The smallest absolute Gasteiger partial charge is 0.255 e. The molecular weight excluding hydrogens is 332 g/mol. The predicted molar refractivity (Wildman–Crippen MR) is 98.4 cm³/mol. The minimum atomic E-state index is -1.19. The number of ether oxygens (including phenoxy) is 1. The minimum absolute atomic E-state index is 0.171. The average molecular weight is 356 g/mol. The Balaban J connectivity index is 1.90. The van der Waals surface area contributed by atoms with Crippen LogP contribution < -0.4 is 10.3 Å². The molecule has 26 heavy (non-hydrogen) atoms. The molecule has 0 saturated carbocycles. The van der Waals surface area contributed by atoms with Crippen molar-refractivity contribution in [2.45, 2.75) is 38.3 Å². The van der Waals surface area contributed by atoms with Gasteiger partial charge in [0.15, 0.2) is 0 Å². The van der Waals surface area contributed by atoms with Gasteiger partial charge in [-0.2, -0.15) is 0 Å². The molecule has 0 unspecified atom stereocenters. The van der Waals surface area contributed by atoms with E-state index >= 15 is 0 Å². The zero-order chi connectivity index (χ0) is 18.9. The molecule has 1 aliphatic rings. The van der Waals surface area contributed by atoms with E-state index in [-0.39, 0.29) is 17.5 Å². The molecule has 1 aromatic heterocycles. The van der Waals surface area contributed by atoms with Gasteiger partial charge in [-0.1, -0.05) is 12.1 Å². The van der Waals surface area contributed by atoms with E-state index < -0.39 is 5.60 Å². The summed E-state index contributed by atoms with van der Waals surface area (Å²) >= 11 is 0. The van der Waals surface area contributed by atoms with Gasteiger partial charge in [0.05, 0.1) is 18.7 Å². The molecule has 2 atom stereocenters. The lowest BCUT2D eigenvalue weighted by Crippen LogP contribution is -2.48.